The van der Waals surface area contributed by atoms with Gasteiger partial charge in [0.1, 0.15) is 11.2 Å². The normalized spacial score (nSPS) is 11.5. The third-order valence-electron chi connectivity index (χ3n) is 4.80. The SMILES string of the molecule is Cc1ccc2c(oc3ccc4ccccc4c32)c1-c1ccccc1. The van der Waals surface area contributed by atoms with Gasteiger partial charge in [-0.2, -0.15) is 0 Å². The van der Waals surface area contributed by atoms with E-state index in [0.717, 1.165) is 11.2 Å². The van der Waals surface area contributed by atoms with Crippen molar-refractivity contribution in [2.75, 3.05) is 0 Å². The molecular formula is C23H16O. The first-order valence-electron chi connectivity index (χ1n) is 8.22. The zero-order valence-electron chi connectivity index (χ0n) is 13.4. The van der Waals surface area contributed by atoms with E-state index in [1.807, 2.05) is 6.07 Å². The number of aryl methyl sites for hydroxylation is 1. The molecule has 0 atom stereocenters. The molecule has 0 spiro atoms. The maximum atomic E-state index is 6.33. The lowest BCUT2D eigenvalue weighted by atomic mass is 9.96. The summed E-state index contributed by atoms with van der Waals surface area (Å²) < 4.78 is 6.33. The molecule has 0 unspecified atom stereocenters. The van der Waals surface area contributed by atoms with Gasteiger partial charge in [-0.1, -0.05) is 72.8 Å². The Balaban J connectivity index is 1.99. The van der Waals surface area contributed by atoms with Crippen molar-refractivity contribution in [2.45, 2.75) is 6.92 Å². The summed E-state index contributed by atoms with van der Waals surface area (Å²) >= 11 is 0. The first-order chi connectivity index (χ1) is 11.8. The highest BCUT2D eigenvalue weighted by atomic mass is 16.3. The Morgan fingerprint density at radius 1 is 0.667 bits per heavy atom. The van der Waals surface area contributed by atoms with E-state index < -0.39 is 0 Å². The molecule has 0 aliphatic carbocycles. The highest BCUT2D eigenvalue weighted by Crippen LogP contribution is 2.40. The van der Waals surface area contributed by atoms with Crippen molar-refractivity contribution in [3.63, 3.8) is 0 Å². The molecule has 0 saturated carbocycles. The number of fused-ring (bicyclic) bond motifs is 5. The van der Waals surface area contributed by atoms with Crippen LogP contribution in [0.25, 0.3) is 43.8 Å². The molecular weight excluding hydrogens is 292 g/mol. The quantitative estimate of drug-likeness (QED) is 0.335. The lowest BCUT2D eigenvalue weighted by Crippen LogP contribution is -1.83. The average molecular weight is 308 g/mol. The average Bonchev–Trinajstić information content (AvgIpc) is 3.01. The number of benzene rings is 4. The van der Waals surface area contributed by atoms with Gasteiger partial charge in [0.05, 0.1) is 0 Å². The zero-order valence-corrected chi connectivity index (χ0v) is 13.4. The topological polar surface area (TPSA) is 13.1 Å². The Labute approximate surface area is 140 Å². The molecule has 1 aromatic heterocycles. The molecule has 0 amide bonds. The molecule has 0 N–H and O–H groups in total. The number of rotatable bonds is 1. The molecule has 1 heterocycles. The molecule has 5 aromatic rings. The van der Waals surface area contributed by atoms with Gasteiger partial charge < -0.3 is 4.42 Å². The van der Waals surface area contributed by atoms with Crippen molar-refractivity contribution in [2.24, 2.45) is 0 Å². The Morgan fingerprint density at radius 2 is 1.46 bits per heavy atom. The second-order valence-electron chi connectivity index (χ2n) is 6.26. The van der Waals surface area contributed by atoms with E-state index >= 15 is 0 Å². The van der Waals surface area contributed by atoms with Crippen LogP contribution in [-0.2, 0) is 0 Å². The molecule has 0 bridgehead atoms. The molecule has 0 radical (unpaired) electrons. The predicted octanol–water partition coefficient (Wildman–Crippen LogP) is 6.71. The first-order valence-corrected chi connectivity index (χ1v) is 8.22. The van der Waals surface area contributed by atoms with Crippen molar-refractivity contribution < 1.29 is 4.42 Å². The van der Waals surface area contributed by atoms with Crippen molar-refractivity contribution in [1.29, 1.82) is 0 Å². The van der Waals surface area contributed by atoms with Gasteiger partial charge in [-0.3, -0.25) is 0 Å². The van der Waals surface area contributed by atoms with Crippen LogP contribution in [0.2, 0.25) is 0 Å². The molecule has 114 valence electrons. The van der Waals surface area contributed by atoms with E-state index in [4.69, 9.17) is 4.42 Å². The van der Waals surface area contributed by atoms with Gasteiger partial charge in [0, 0.05) is 16.3 Å². The Hall–Kier alpha value is -3.06. The van der Waals surface area contributed by atoms with Crippen LogP contribution in [0.15, 0.2) is 83.3 Å². The highest BCUT2D eigenvalue weighted by molar-refractivity contribution is 6.20. The van der Waals surface area contributed by atoms with Gasteiger partial charge in [0.25, 0.3) is 0 Å². The molecule has 0 aliphatic rings. The first kappa shape index (κ1) is 13.4. The smallest absolute Gasteiger partial charge is 0.143 e. The standard InChI is InChI=1S/C23H16O/c1-15-11-13-19-22-18-10-6-5-7-16(18)12-14-20(22)24-23(19)21(15)17-8-3-2-4-9-17/h2-14H,1H3. The Bertz CT molecular complexity index is 1200. The van der Waals surface area contributed by atoms with E-state index in [0.29, 0.717) is 0 Å². The van der Waals surface area contributed by atoms with E-state index in [1.165, 1.54) is 38.2 Å². The van der Waals surface area contributed by atoms with Gasteiger partial charge in [-0.15, -0.1) is 0 Å². The Kier molecular flexibility index (Phi) is 2.77. The van der Waals surface area contributed by atoms with E-state index in [1.54, 1.807) is 0 Å². The van der Waals surface area contributed by atoms with Crippen molar-refractivity contribution in [3.8, 4) is 11.1 Å². The third kappa shape index (κ3) is 1.82. The van der Waals surface area contributed by atoms with Crippen LogP contribution in [0, 0.1) is 6.92 Å². The van der Waals surface area contributed by atoms with Crippen LogP contribution in [-0.4, -0.2) is 0 Å². The lowest BCUT2D eigenvalue weighted by molar-refractivity contribution is 0.670. The zero-order chi connectivity index (χ0) is 16.1. The van der Waals surface area contributed by atoms with Crippen molar-refractivity contribution in [3.05, 3.63) is 84.4 Å². The van der Waals surface area contributed by atoms with Gasteiger partial charge in [-0.25, -0.2) is 0 Å². The summed E-state index contributed by atoms with van der Waals surface area (Å²) in [6.45, 7) is 2.15. The summed E-state index contributed by atoms with van der Waals surface area (Å²) in [5, 5.41) is 4.89. The predicted molar refractivity (Wildman–Crippen MR) is 101 cm³/mol. The second-order valence-corrected chi connectivity index (χ2v) is 6.26. The summed E-state index contributed by atoms with van der Waals surface area (Å²) in [5.41, 5.74) is 5.55. The molecule has 0 saturated heterocycles. The van der Waals surface area contributed by atoms with Crippen LogP contribution in [0.4, 0.5) is 0 Å². The second kappa shape index (κ2) is 4.97. The van der Waals surface area contributed by atoms with Gasteiger partial charge >= 0.3 is 0 Å². The number of hydrogen-bond donors (Lipinski definition) is 0. The summed E-state index contributed by atoms with van der Waals surface area (Å²) in [4.78, 5) is 0. The van der Waals surface area contributed by atoms with Gasteiger partial charge in [-0.05, 0) is 34.9 Å². The molecule has 24 heavy (non-hydrogen) atoms. The van der Waals surface area contributed by atoms with E-state index in [9.17, 15) is 0 Å². The van der Waals surface area contributed by atoms with Crippen molar-refractivity contribution >= 4 is 32.7 Å². The molecule has 0 fully saturated rings. The maximum Gasteiger partial charge on any atom is 0.143 e. The fourth-order valence-electron chi connectivity index (χ4n) is 3.67. The minimum atomic E-state index is 0.950. The Morgan fingerprint density at radius 3 is 2.33 bits per heavy atom. The van der Waals surface area contributed by atoms with Crippen LogP contribution in [0.1, 0.15) is 5.56 Å². The fourth-order valence-corrected chi connectivity index (χ4v) is 3.67. The fraction of sp³-hybridized carbons (Fsp3) is 0.0435. The van der Waals surface area contributed by atoms with Crippen LogP contribution >= 0.6 is 0 Å². The lowest BCUT2D eigenvalue weighted by Gasteiger charge is -2.06. The van der Waals surface area contributed by atoms with Gasteiger partial charge in [0.15, 0.2) is 0 Å². The largest absolute Gasteiger partial charge is 0.455 e. The minimum absolute atomic E-state index is 0.950. The van der Waals surface area contributed by atoms with Crippen LogP contribution in [0.5, 0.6) is 0 Å². The maximum absolute atomic E-state index is 6.33. The summed E-state index contributed by atoms with van der Waals surface area (Å²) in [6.07, 6.45) is 0. The minimum Gasteiger partial charge on any atom is -0.455 e. The number of hydrogen-bond acceptors (Lipinski definition) is 1. The van der Waals surface area contributed by atoms with E-state index in [2.05, 4.69) is 79.7 Å². The van der Waals surface area contributed by atoms with Gasteiger partial charge in [0.2, 0.25) is 0 Å². The third-order valence-corrected chi connectivity index (χ3v) is 4.80. The summed E-state index contributed by atoms with van der Waals surface area (Å²) in [5.74, 6) is 0. The summed E-state index contributed by atoms with van der Waals surface area (Å²) in [7, 11) is 0. The molecule has 1 nitrogen and oxygen atoms in total. The highest BCUT2D eigenvalue weighted by Gasteiger charge is 2.15. The van der Waals surface area contributed by atoms with Crippen molar-refractivity contribution in [1.82, 2.24) is 0 Å². The van der Waals surface area contributed by atoms with Crippen LogP contribution in [0.3, 0.4) is 0 Å². The number of furan rings is 1. The van der Waals surface area contributed by atoms with Crippen LogP contribution < -0.4 is 0 Å². The molecule has 5 rings (SSSR count). The van der Waals surface area contributed by atoms with E-state index in [-0.39, 0.29) is 0 Å². The molecule has 4 aromatic carbocycles. The molecule has 0 aliphatic heterocycles. The monoisotopic (exact) mass is 308 g/mol. The molecule has 1 heteroatoms. The summed E-state index contributed by atoms with van der Waals surface area (Å²) in [6, 6.07) is 27.6.